The van der Waals surface area contributed by atoms with E-state index in [0.29, 0.717) is 16.2 Å². The number of fused-ring (bicyclic) bond motifs is 1. The van der Waals surface area contributed by atoms with E-state index in [9.17, 15) is 4.79 Å². The lowest BCUT2D eigenvalue weighted by molar-refractivity contribution is 0.415. The average molecular weight is 274 g/mol. The molecule has 2 heterocycles. The highest BCUT2D eigenvalue weighted by molar-refractivity contribution is 7.71. The Morgan fingerprint density at radius 3 is 2.74 bits per heavy atom. The Morgan fingerprint density at radius 2 is 2.05 bits per heavy atom. The highest BCUT2D eigenvalue weighted by atomic mass is 32.1. The van der Waals surface area contributed by atoms with Crippen molar-refractivity contribution >= 4 is 17.9 Å². The van der Waals surface area contributed by atoms with Crippen LogP contribution in [0.1, 0.15) is 0 Å². The Balaban J connectivity index is 2.18. The van der Waals surface area contributed by atoms with Gasteiger partial charge in [-0.1, -0.05) is 0 Å². The molecule has 2 N–H and O–H groups in total. The van der Waals surface area contributed by atoms with E-state index in [0.717, 1.165) is 11.3 Å². The number of H-pyrrole nitrogens is 2. The number of ether oxygens (including phenoxy) is 1. The van der Waals surface area contributed by atoms with Crippen LogP contribution in [0.2, 0.25) is 0 Å². The van der Waals surface area contributed by atoms with Gasteiger partial charge in [0.1, 0.15) is 17.2 Å². The maximum atomic E-state index is 11.3. The van der Waals surface area contributed by atoms with Crippen molar-refractivity contribution in [3.63, 3.8) is 0 Å². The molecule has 3 aromatic rings. The SMILES string of the molecule is COc1ccc(-c2nc(=S)n3[nH]c(=O)cc3[nH]2)cc1. The van der Waals surface area contributed by atoms with E-state index in [2.05, 4.69) is 15.1 Å². The highest BCUT2D eigenvalue weighted by Gasteiger charge is 2.05. The Kier molecular flexibility index (Phi) is 2.68. The van der Waals surface area contributed by atoms with Crippen LogP contribution in [0.5, 0.6) is 5.75 Å². The van der Waals surface area contributed by atoms with Crippen molar-refractivity contribution in [1.29, 1.82) is 0 Å². The molecule has 2 aromatic heterocycles. The summed E-state index contributed by atoms with van der Waals surface area (Å²) in [6, 6.07) is 8.84. The predicted octanol–water partition coefficient (Wildman–Crippen LogP) is 1.76. The van der Waals surface area contributed by atoms with Gasteiger partial charge in [0.15, 0.2) is 0 Å². The Bertz CT molecular complexity index is 845. The Hall–Kier alpha value is -2.41. The maximum Gasteiger partial charge on any atom is 0.266 e. The van der Waals surface area contributed by atoms with E-state index in [1.54, 1.807) is 7.11 Å². The van der Waals surface area contributed by atoms with Crippen LogP contribution in [0.15, 0.2) is 35.1 Å². The second kappa shape index (κ2) is 4.36. The molecule has 1 aromatic carbocycles. The third-order valence-corrected chi connectivity index (χ3v) is 3.01. The summed E-state index contributed by atoms with van der Waals surface area (Å²) in [5.41, 5.74) is 1.22. The predicted molar refractivity (Wildman–Crippen MR) is 73.0 cm³/mol. The first kappa shape index (κ1) is 11.7. The lowest BCUT2D eigenvalue weighted by Gasteiger charge is -2.04. The van der Waals surface area contributed by atoms with Crippen LogP contribution in [0.4, 0.5) is 0 Å². The fraction of sp³-hybridized carbons (Fsp3) is 0.0833. The largest absolute Gasteiger partial charge is 0.497 e. The van der Waals surface area contributed by atoms with Gasteiger partial charge in [-0.05, 0) is 36.5 Å². The van der Waals surface area contributed by atoms with Gasteiger partial charge in [0.2, 0.25) is 4.77 Å². The van der Waals surface area contributed by atoms with Crippen molar-refractivity contribution in [3.8, 4) is 17.1 Å². The minimum absolute atomic E-state index is 0.226. The van der Waals surface area contributed by atoms with Crippen molar-refractivity contribution in [2.75, 3.05) is 7.11 Å². The topological polar surface area (TPSA) is 75.2 Å². The lowest BCUT2D eigenvalue weighted by atomic mass is 10.2. The summed E-state index contributed by atoms with van der Waals surface area (Å²) in [7, 11) is 1.61. The normalized spacial score (nSPS) is 10.8. The molecule has 0 spiro atoms. The molecule has 7 heteroatoms. The summed E-state index contributed by atoms with van der Waals surface area (Å²) in [6.45, 7) is 0. The minimum atomic E-state index is -0.226. The zero-order valence-corrected chi connectivity index (χ0v) is 10.8. The van der Waals surface area contributed by atoms with Gasteiger partial charge in [-0.2, -0.15) is 0 Å². The zero-order valence-electron chi connectivity index (χ0n) is 10.0. The van der Waals surface area contributed by atoms with Crippen molar-refractivity contribution in [1.82, 2.24) is 19.6 Å². The first-order valence-corrected chi connectivity index (χ1v) is 5.95. The number of hydrogen-bond acceptors (Lipinski definition) is 4. The van der Waals surface area contributed by atoms with Gasteiger partial charge in [0.05, 0.1) is 7.11 Å². The van der Waals surface area contributed by atoms with Crippen LogP contribution in [-0.2, 0) is 0 Å². The fourth-order valence-electron chi connectivity index (χ4n) is 1.81. The van der Waals surface area contributed by atoms with Gasteiger partial charge in [-0.15, -0.1) is 0 Å². The first-order chi connectivity index (χ1) is 9.17. The third kappa shape index (κ3) is 2.04. The molecule has 3 rings (SSSR count). The number of benzene rings is 1. The summed E-state index contributed by atoms with van der Waals surface area (Å²) in [6.07, 6.45) is 0. The minimum Gasteiger partial charge on any atom is -0.497 e. The number of rotatable bonds is 2. The van der Waals surface area contributed by atoms with Crippen LogP contribution in [0.25, 0.3) is 17.0 Å². The molecule has 0 atom stereocenters. The van der Waals surface area contributed by atoms with Gasteiger partial charge in [-0.25, -0.2) is 9.50 Å². The van der Waals surface area contributed by atoms with Crippen molar-refractivity contribution in [2.45, 2.75) is 0 Å². The zero-order chi connectivity index (χ0) is 13.4. The van der Waals surface area contributed by atoms with E-state index < -0.39 is 0 Å². The van der Waals surface area contributed by atoms with Gasteiger partial charge < -0.3 is 9.72 Å². The quantitative estimate of drug-likeness (QED) is 0.698. The standard InChI is InChI=1S/C12H10N4O2S/c1-18-8-4-2-7(3-5-8)11-13-9-6-10(17)15-16(9)12(19)14-11/h2-6H,1H3,(H,15,17)(H,13,14,19). The highest BCUT2D eigenvalue weighted by Crippen LogP contribution is 2.19. The molecule has 0 saturated carbocycles. The Morgan fingerprint density at radius 1 is 1.32 bits per heavy atom. The van der Waals surface area contributed by atoms with Crippen molar-refractivity contribution in [3.05, 3.63) is 45.5 Å². The van der Waals surface area contributed by atoms with Crippen LogP contribution < -0.4 is 10.3 Å². The van der Waals surface area contributed by atoms with Gasteiger partial charge >= 0.3 is 0 Å². The van der Waals surface area contributed by atoms with Crippen LogP contribution >= 0.6 is 12.2 Å². The molecule has 0 aliphatic heterocycles. The molecular weight excluding hydrogens is 264 g/mol. The molecule has 96 valence electrons. The number of aromatic nitrogens is 4. The van der Waals surface area contributed by atoms with Gasteiger partial charge in [-0.3, -0.25) is 9.89 Å². The molecule has 0 aliphatic rings. The lowest BCUT2D eigenvalue weighted by Crippen LogP contribution is -2.02. The molecule has 6 nitrogen and oxygen atoms in total. The number of methoxy groups -OCH3 is 1. The molecule has 0 aliphatic carbocycles. The van der Waals surface area contributed by atoms with E-state index in [-0.39, 0.29) is 5.56 Å². The monoisotopic (exact) mass is 274 g/mol. The number of aromatic amines is 2. The summed E-state index contributed by atoms with van der Waals surface area (Å²) in [5.74, 6) is 1.37. The summed E-state index contributed by atoms with van der Waals surface area (Å²) in [4.78, 5) is 18.6. The van der Waals surface area contributed by atoms with E-state index in [1.807, 2.05) is 24.3 Å². The fourth-order valence-corrected chi connectivity index (χ4v) is 2.05. The van der Waals surface area contributed by atoms with Crippen LogP contribution in [0, 0.1) is 4.77 Å². The summed E-state index contributed by atoms with van der Waals surface area (Å²) in [5, 5.41) is 2.57. The third-order valence-electron chi connectivity index (χ3n) is 2.74. The molecular formula is C12H10N4O2S. The summed E-state index contributed by atoms with van der Waals surface area (Å²) >= 11 is 5.14. The summed E-state index contributed by atoms with van der Waals surface area (Å²) < 4.78 is 6.83. The van der Waals surface area contributed by atoms with Crippen LogP contribution in [-0.4, -0.2) is 26.7 Å². The number of nitrogens with one attached hydrogen (secondary N) is 2. The van der Waals surface area contributed by atoms with Crippen molar-refractivity contribution in [2.24, 2.45) is 0 Å². The molecule has 0 saturated heterocycles. The number of hydrogen-bond donors (Lipinski definition) is 2. The van der Waals surface area contributed by atoms with Crippen molar-refractivity contribution < 1.29 is 4.74 Å². The second-order valence-corrected chi connectivity index (χ2v) is 4.30. The molecule has 19 heavy (non-hydrogen) atoms. The maximum absolute atomic E-state index is 11.3. The first-order valence-electron chi connectivity index (χ1n) is 5.54. The molecule has 0 radical (unpaired) electrons. The van der Waals surface area contributed by atoms with Gasteiger partial charge in [0.25, 0.3) is 5.56 Å². The van der Waals surface area contributed by atoms with E-state index >= 15 is 0 Å². The average Bonchev–Trinajstić information content (AvgIpc) is 2.80. The Labute approximate surface area is 112 Å². The smallest absolute Gasteiger partial charge is 0.266 e. The molecule has 0 amide bonds. The second-order valence-electron chi connectivity index (χ2n) is 3.94. The molecule has 0 fully saturated rings. The van der Waals surface area contributed by atoms with E-state index in [1.165, 1.54) is 10.6 Å². The molecule has 0 bridgehead atoms. The molecule has 0 unspecified atom stereocenters. The van der Waals surface area contributed by atoms with Gasteiger partial charge in [0, 0.05) is 11.6 Å². The van der Waals surface area contributed by atoms with E-state index in [4.69, 9.17) is 17.0 Å². The van der Waals surface area contributed by atoms with Crippen LogP contribution in [0.3, 0.4) is 0 Å². The number of nitrogens with zero attached hydrogens (tertiary/aromatic N) is 2.